The molecule has 15 heteroatoms. The second kappa shape index (κ2) is 12.1. The lowest BCUT2D eigenvalue weighted by Crippen LogP contribution is -2.50. The molecule has 3 aromatic rings. The Bertz CT molecular complexity index is 1450. The number of anilines is 1. The fourth-order valence-electron chi connectivity index (χ4n) is 4.26. The predicted octanol–water partition coefficient (Wildman–Crippen LogP) is 0.992. The molecule has 2 aromatic carbocycles. The number of rotatable bonds is 9. The van der Waals surface area contributed by atoms with Crippen molar-refractivity contribution < 1.29 is 32.2 Å². The second-order valence-corrected chi connectivity index (χ2v) is 11.7. The molecule has 0 spiro atoms. The van der Waals surface area contributed by atoms with Crippen molar-refractivity contribution in [2.24, 2.45) is 5.92 Å². The molecule has 0 saturated heterocycles. The molecule has 0 fully saturated rings. The Kier molecular flexibility index (Phi) is 8.76. The molecule has 4 rings (SSSR count). The van der Waals surface area contributed by atoms with Crippen LogP contribution in [0.3, 0.4) is 0 Å². The maximum absolute atomic E-state index is 13.6. The number of nitrogens with one attached hydrogen (secondary N) is 1. The van der Waals surface area contributed by atoms with Crippen LogP contribution >= 0.6 is 0 Å². The number of nitrogens with zero attached hydrogens (tertiary/aromatic N) is 6. The van der Waals surface area contributed by atoms with Gasteiger partial charge in [0, 0.05) is 25.2 Å². The molecule has 0 radical (unpaired) electrons. The molecule has 1 aromatic heterocycles. The van der Waals surface area contributed by atoms with Gasteiger partial charge in [0.15, 0.2) is 0 Å². The first-order chi connectivity index (χ1) is 19.0. The number of carbonyl (C=O) groups is 2. The third-order valence-electron chi connectivity index (χ3n) is 6.60. The summed E-state index contributed by atoms with van der Waals surface area (Å²) in [5.41, 5.74) is 0.466. The zero-order valence-electron chi connectivity index (χ0n) is 22.1. The van der Waals surface area contributed by atoms with Crippen molar-refractivity contribution in [3.05, 3.63) is 60.2 Å². The number of likely N-dealkylation sites (N-methyl/N-ethyl adjacent to an activating group) is 1. The molecule has 2 amide bonds. The third kappa shape index (κ3) is 6.43. The number of hydrogen-bond acceptors (Lipinski definition) is 9. The average molecular weight is 576 g/mol. The van der Waals surface area contributed by atoms with Gasteiger partial charge in [0.05, 0.1) is 29.7 Å². The Morgan fingerprint density at radius 2 is 2.00 bits per heavy atom. The molecule has 0 saturated carbocycles. The Hall–Kier alpha value is -3.95. The van der Waals surface area contributed by atoms with Crippen LogP contribution in [-0.4, -0.2) is 93.6 Å². The maximum atomic E-state index is 13.6. The van der Waals surface area contributed by atoms with E-state index in [0.717, 1.165) is 16.4 Å². The van der Waals surface area contributed by atoms with E-state index in [1.54, 1.807) is 13.0 Å². The van der Waals surface area contributed by atoms with E-state index in [2.05, 4.69) is 20.8 Å². The van der Waals surface area contributed by atoms with E-state index in [1.807, 2.05) is 6.92 Å². The predicted molar refractivity (Wildman–Crippen MR) is 140 cm³/mol. The molecule has 0 aliphatic carbocycles. The first-order valence-corrected chi connectivity index (χ1v) is 13.9. The van der Waals surface area contributed by atoms with Gasteiger partial charge in [-0.2, -0.15) is 4.31 Å². The van der Waals surface area contributed by atoms with Crippen LogP contribution in [0, 0.1) is 11.7 Å². The number of hydrogen-bond donors (Lipinski definition) is 2. The summed E-state index contributed by atoms with van der Waals surface area (Å²) in [7, 11) is -2.56. The van der Waals surface area contributed by atoms with Crippen LogP contribution in [0.4, 0.5) is 10.1 Å². The molecular weight excluding hydrogens is 545 g/mol. The van der Waals surface area contributed by atoms with Crippen molar-refractivity contribution >= 4 is 27.5 Å². The van der Waals surface area contributed by atoms with Crippen molar-refractivity contribution in [3.63, 3.8) is 0 Å². The van der Waals surface area contributed by atoms with Gasteiger partial charge in [-0.3, -0.25) is 9.59 Å². The lowest BCUT2D eigenvalue weighted by molar-refractivity contribution is -0.116. The van der Waals surface area contributed by atoms with Gasteiger partial charge in [-0.15, -0.1) is 5.10 Å². The number of fused-ring (bicyclic) bond motifs is 1. The minimum Gasteiger partial charge on any atom is -0.488 e. The van der Waals surface area contributed by atoms with Gasteiger partial charge in [0.2, 0.25) is 15.9 Å². The van der Waals surface area contributed by atoms with E-state index in [1.165, 1.54) is 47.2 Å². The molecule has 2 N–H and O–H groups in total. The Morgan fingerprint density at radius 1 is 1.27 bits per heavy atom. The molecule has 0 unspecified atom stereocenters. The first kappa shape index (κ1) is 29.0. The summed E-state index contributed by atoms with van der Waals surface area (Å²) < 4.78 is 48.3. The zero-order valence-corrected chi connectivity index (χ0v) is 23.0. The number of aromatic nitrogens is 4. The standard InChI is InChI=1S/C25H30FN7O6S/c1-16-11-33(17(2)14-34)25(36)21-10-19(28-24(35)13-32-15-27-29-30-32)6-9-22(21)39-23(16)12-31(3)40(37,38)20-7-4-18(26)5-8-20/h4-10,15-17,23,34H,11-14H2,1-3H3,(H,28,35)/t16-,17+,23+/m1/s1. The summed E-state index contributed by atoms with van der Waals surface area (Å²) in [6.07, 6.45) is 0.598. The average Bonchev–Trinajstić information content (AvgIpc) is 3.43. The van der Waals surface area contributed by atoms with E-state index in [9.17, 15) is 27.5 Å². The number of aliphatic hydroxyl groups excluding tert-OH is 1. The van der Waals surface area contributed by atoms with Crippen LogP contribution in [0.15, 0.2) is 53.7 Å². The highest BCUT2D eigenvalue weighted by Gasteiger charge is 2.35. The SMILES string of the molecule is C[C@@H]1CN([C@@H](C)CO)C(=O)c2cc(NC(=O)Cn3cnnn3)ccc2O[C@H]1CN(C)S(=O)(=O)c1ccc(F)cc1. The molecule has 13 nitrogen and oxygen atoms in total. The first-order valence-electron chi connectivity index (χ1n) is 12.4. The molecule has 0 bridgehead atoms. The number of aliphatic hydroxyl groups is 1. The van der Waals surface area contributed by atoms with Crippen LogP contribution in [0.2, 0.25) is 0 Å². The molecular formula is C25H30FN7O6S. The molecule has 214 valence electrons. The zero-order chi connectivity index (χ0) is 29.0. The van der Waals surface area contributed by atoms with Crippen LogP contribution in [0.1, 0.15) is 24.2 Å². The fraction of sp³-hybridized carbons (Fsp3) is 0.400. The lowest BCUT2D eigenvalue weighted by Gasteiger charge is -2.38. The second-order valence-electron chi connectivity index (χ2n) is 9.63. The minimum absolute atomic E-state index is 0.0666. The molecule has 1 aliphatic rings. The highest BCUT2D eigenvalue weighted by atomic mass is 32.2. The van der Waals surface area contributed by atoms with Crippen molar-refractivity contribution in [1.82, 2.24) is 29.4 Å². The Morgan fingerprint density at radius 3 is 2.65 bits per heavy atom. The lowest BCUT2D eigenvalue weighted by atomic mass is 9.99. The van der Waals surface area contributed by atoms with E-state index in [-0.39, 0.29) is 48.4 Å². The topological polar surface area (TPSA) is 160 Å². The molecule has 1 aliphatic heterocycles. The maximum Gasteiger partial charge on any atom is 0.258 e. The number of ether oxygens (including phenoxy) is 1. The van der Waals surface area contributed by atoms with Crippen molar-refractivity contribution in [2.75, 3.05) is 32.1 Å². The molecule has 3 atom stereocenters. The highest BCUT2D eigenvalue weighted by Crippen LogP contribution is 2.31. The van der Waals surface area contributed by atoms with E-state index >= 15 is 0 Å². The molecule has 40 heavy (non-hydrogen) atoms. The smallest absolute Gasteiger partial charge is 0.258 e. The number of carbonyl (C=O) groups excluding carboxylic acids is 2. The van der Waals surface area contributed by atoms with Crippen molar-refractivity contribution in [2.45, 2.75) is 37.4 Å². The van der Waals surface area contributed by atoms with Crippen LogP contribution in [-0.2, 0) is 21.4 Å². The summed E-state index contributed by atoms with van der Waals surface area (Å²) in [6.45, 7) is 3.19. The largest absolute Gasteiger partial charge is 0.488 e. The van der Waals surface area contributed by atoms with Gasteiger partial charge in [-0.05, 0) is 59.8 Å². The van der Waals surface area contributed by atoms with E-state index in [0.29, 0.717) is 5.69 Å². The normalized spacial score (nSPS) is 18.4. The van der Waals surface area contributed by atoms with Crippen molar-refractivity contribution in [1.29, 1.82) is 0 Å². The number of sulfonamides is 1. The minimum atomic E-state index is -3.96. The van der Waals surface area contributed by atoms with Gasteiger partial charge in [0.25, 0.3) is 5.91 Å². The van der Waals surface area contributed by atoms with Gasteiger partial charge in [-0.1, -0.05) is 6.92 Å². The quantitative estimate of drug-likeness (QED) is 0.379. The van der Waals surface area contributed by atoms with Gasteiger partial charge >= 0.3 is 0 Å². The number of halogens is 1. The van der Waals surface area contributed by atoms with Crippen molar-refractivity contribution in [3.8, 4) is 5.75 Å². The molecule has 2 heterocycles. The van der Waals surface area contributed by atoms with Crippen LogP contribution in [0.25, 0.3) is 0 Å². The Labute approximate surface area is 230 Å². The van der Waals surface area contributed by atoms with Gasteiger partial charge in [-0.25, -0.2) is 17.5 Å². The number of benzene rings is 2. The summed E-state index contributed by atoms with van der Waals surface area (Å²) in [6, 6.07) is 8.55. The number of tetrazole rings is 1. The third-order valence-corrected chi connectivity index (χ3v) is 8.44. The highest BCUT2D eigenvalue weighted by molar-refractivity contribution is 7.89. The van der Waals surface area contributed by atoms with Gasteiger partial charge in [0.1, 0.15) is 30.5 Å². The van der Waals surface area contributed by atoms with Crippen LogP contribution in [0.5, 0.6) is 5.75 Å². The van der Waals surface area contributed by atoms with Gasteiger partial charge < -0.3 is 20.1 Å². The summed E-state index contributed by atoms with van der Waals surface area (Å²) in [4.78, 5) is 27.5. The summed E-state index contributed by atoms with van der Waals surface area (Å²) in [5.74, 6) is -1.53. The van der Waals surface area contributed by atoms with E-state index < -0.39 is 39.8 Å². The van der Waals surface area contributed by atoms with E-state index in [4.69, 9.17) is 4.74 Å². The Balaban J connectivity index is 1.62. The number of amides is 2. The summed E-state index contributed by atoms with van der Waals surface area (Å²) >= 11 is 0. The summed E-state index contributed by atoms with van der Waals surface area (Å²) in [5, 5.41) is 23.1. The fourth-order valence-corrected chi connectivity index (χ4v) is 5.44. The monoisotopic (exact) mass is 575 g/mol. The van der Waals surface area contributed by atoms with Crippen LogP contribution < -0.4 is 10.1 Å².